The van der Waals surface area contributed by atoms with Gasteiger partial charge in [-0.1, -0.05) is 45.8 Å². The van der Waals surface area contributed by atoms with E-state index in [1.165, 1.54) is 5.56 Å². The van der Waals surface area contributed by atoms with E-state index in [2.05, 4.69) is 20.9 Å². The highest BCUT2D eigenvalue weighted by atomic mass is 79.9. The summed E-state index contributed by atoms with van der Waals surface area (Å²) in [4.78, 5) is 18.4. The van der Waals surface area contributed by atoms with Crippen molar-refractivity contribution >= 4 is 44.2 Å². The molecular formula is C18H19BrN2O2Si. The molecule has 0 aliphatic carbocycles. The Balaban J connectivity index is 1.67. The maximum absolute atomic E-state index is 12.2. The molecule has 0 saturated carbocycles. The third kappa shape index (κ3) is 3.94. The Hall–Kier alpha value is -1.92. The lowest BCUT2D eigenvalue weighted by Gasteiger charge is -2.19. The van der Waals surface area contributed by atoms with Crippen molar-refractivity contribution in [1.29, 1.82) is 0 Å². The molecule has 0 radical (unpaired) electrons. The number of benzene rings is 2. The molecular weight excluding hydrogens is 384 g/mol. The zero-order valence-corrected chi connectivity index (χ0v) is 17.3. The van der Waals surface area contributed by atoms with Gasteiger partial charge < -0.3 is 4.74 Å². The van der Waals surface area contributed by atoms with Gasteiger partial charge in [-0.15, -0.1) is 0 Å². The fourth-order valence-corrected chi connectivity index (χ4v) is 3.53. The first-order valence-electron chi connectivity index (χ1n) is 7.78. The molecule has 1 amide bonds. The van der Waals surface area contributed by atoms with Gasteiger partial charge in [-0.3, -0.25) is 9.89 Å². The highest BCUT2D eigenvalue weighted by Crippen LogP contribution is 2.26. The van der Waals surface area contributed by atoms with E-state index in [1.807, 2.05) is 61.7 Å². The van der Waals surface area contributed by atoms with Crippen LogP contribution < -0.4 is 4.90 Å². The molecule has 1 heterocycles. The molecule has 1 fully saturated rings. The summed E-state index contributed by atoms with van der Waals surface area (Å²) in [5.41, 5.74) is 3.07. The van der Waals surface area contributed by atoms with E-state index in [1.54, 1.807) is 4.90 Å². The fraction of sp³-hybridized carbons (Fsp3) is 0.222. The zero-order chi connectivity index (χ0) is 17.2. The predicted octanol–water partition coefficient (Wildman–Crippen LogP) is 2.89. The van der Waals surface area contributed by atoms with E-state index in [-0.39, 0.29) is 6.09 Å². The number of nitrogens with zero attached hydrogens (tertiary/aromatic N) is 2. The molecule has 0 spiro atoms. The molecule has 124 valence electrons. The molecule has 6 heteroatoms. The summed E-state index contributed by atoms with van der Waals surface area (Å²) in [7, 11) is 0.727. The number of carbonyl (C=O) groups excluding carboxylic acids is 1. The molecule has 1 atom stereocenters. The minimum atomic E-state index is -0.478. The van der Waals surface area contributed by atoms with Crippen LogP contribution in [0.1, 0.15) is 11.1 Å². The third-order valence-corrected chi connectivity index (χ3v) is 5.29. The van der Waals surface area contributed by atoms with Gasteiger partial charge in [0.1, 0.15) is 5.22 Å². The Morgan fingerprint density at radius 3 is 2.58 bits per heavy atom. The van der Waals surface area contributed by atoms with E-state index < -0.39 is 5.22 Å². The van der Waals surface area contributed by atoms with Crippen LogP contribution in [-0.4, -0.2) is 40.9 Å². The van der Waals surface area contributed by atoms with Gasteiger partial charge in [0.2, 0.25) is 0 Å². The SMILES string of the molecule is Cc1ccc(N2CC([SiH3])(CN=Cc3ccc(Br)cc3)OC2=O)cc1. The predicted molar refractivity (Wildman–Crippen MR) is 104 cm³/mol. The first-order valence-corrected chi connectivity index (χ1v) is 9.57. The molecule has 2 aromatic rings. The van der Waals surface area contributed by atoms with Crippen molar-refractivity contribution < 1.29 is 9.53 Å². The van der Waals surface area contributed by atoms with Gasteiger partial charge in [-0.25, -0.2) is 4.79 Å². The van der Waals surface area contributed by atoms with Gasteiger partial charge in [-0.05, 0) is 36.8 Å². The summed E-state index contributed by atoms with van der Waals surface area (Å²) >= 11 is 3.41. The van der Waals surface area contributed by atoms with Crippen molar-refractivity contribution in [3.05, 3.63) is 64.1 Å². The number of anilines is 1. The van der Waals surface area contributed by atoms with Crippen LogP contribution in [0.2, 0.25) is 0 Å². The summed E-state index contributed by atoms with van der Waals surface area (Å²) in [6.07, 6.45) is 1.54. The summed E-state index contributed by atoms with van der Waals surface area (Å²) in [5.74, 6) is 0. The summed E-state index contributed by atoms with van der Waals surface area (Å²) < 4.78 is 6.67. The zero-order valence-electron chi connectivity index (χ0n) is 13.7. The number of amides is 1. The Morgan fingerprint density at radius 2 is 1.92 bits per heavy atom. The van der Waals surface area contributed by atoms with Crippen LogP contribution in [0.3, 0.4) is 0 Å². The topological polar surface area (TPSA) is 41.9 Å². The van der Waals surface area contributed by atoms with Gasteiger partial charge in [0.15, 0.2) is 0 Å². The number of ether oxygens (including phenoxy) is 1. The van der Waals surface area contributed by atoms with E-state index in [0.29, 0.717) is 13.1 Å². The molecule has 0 N–H and O–H groups in total. The molecule has 0 bridgehead atoms. The first kappa shape index (κ1) is 16.9. The lowest BCUT2D eigenvalue weighted by atomic mass is 10.2. The van der Waals surface area contributed by atoms with Crippen LogP contribution in [0.25, 0.3) is 0 Å². The van der Waals surface area contributed by atoms with Gasteiger partial charge in [0.25, 0.3) is 0 Å². The summed E-state index contributed by atoms with van der Waals surface area (Å²) in [5, 5.41) is -0.478. The molecule has 0 aromatic heterocycles. The molecule has 24 heavy (non-hydrogen) atoms. The minimum absolute atomic E-state index is 0.285. The van der Waals surface area contributed by atoms with Crippen molar-refractivity contribution in [3.8, 4) is 0 Å². The number of hydrogen-bond acceptors (Lipinski definition) is 3. The lowest BCUT2D eigenvalue weighted by Crippen LogP contribution is -2.38. The normalized spacial score (nSPS) is 20.8. The number of cyclic esters (lactones) is 1. The van der Waals surface area contributed by atoms with Crippen molar-refractivity contribution in [3.63, 3.8) is 0 Å². The van der Waals surface area contributed by atoms with Crippen molar-refractivity contribution in [1.82, 2.24) is 0 Å². The van der Waals surface area contributed by atoms with Gasteiger partial charge in [-0.2, -0.15) is 0 Å². The van der Waals surface area contributed by atoms with Crippen LogP contribution in [0.4, 0.5) is 10.5 Å². The monoisotopic (exact) mass is 402 g/mol. The maximum Gasteiger partial charge on any atom is 0.414 e. The number of rotatable bonds is 4. The highest BCUT2D eigenvalue weighted by molar-refractivity contribution is 9.10. The summed E-state index contributed by atoms with van der Waals surface area (Å²) in [6.45, 7) is 3.07. The molecule has 1 aliphatic heterocycles. The van der Waals surface area contributed by atoms with Crippen molar-refractivity contribution in [2.75, 3.05) is 18.0 Å². The van der Waals surface area contributed by atoms with Gasteiger partial charge in [0.05, 0.1) is 23.3 Å². The Bertz CT molecular complexity index is 762. The fourth-order valence-electron chi connectivity index (χ4n) is 2.59. The number of hydrogen-bond donors (Lipinski definition) is 0. The Labute approximate surface area is 153 Å². The average molecular weight is 403 g/mol. The van der Waals surface area contributed by atoms with Crippen LogP contribution in [-0.2, 0) is 4.74 Å². The average Bonchev–Trinajstić information content (AvgIpc) is 2.85. The second-order valence-corrected chi connectivity index (χ2v) is 9.00. The van der Waals surface area contributed by atoms with Gasteiger partial charge >= 0.3 is 6.09 Å². The third-order valence-electron chi connectivity index (χ3n) is 3.93. The molecule has 2 aromatic carbocycles. The molecule has 1 unspecified atom stereocenters. The van der Waals surface area contributed by atoms with E-state index in [4.69, 9.17) is 4.74 Å². The number of halogens is 1. The number of aryl methyl sites for hydroxylation is 1. The summed E-state index contributed by atoms with van der Waals surface area (Å²) in [6, 6.07) is 15.9. The lowest BCUT2D eigenvalue weighted by molar-refractivity contribution is 0.122. The maximum atomic E-state index is 12.2. The molecule has 3 rings (SSSR count). The number of carbonyl (C=O) groups is 1. The first-order chi connectivity index (χ1) is 11.5. The minimum Gasteiger partial charge on any atom is -0.444 e. The second-order valence-electron chi connectivity index (χ2n) is 6.26. The van der Waals surface area contributed by atoms with Crippen LogP contribution in [0.15, 0.2) is 58.0 Å². The van der Waals surface area contributed by atoms with Crippen LogP contribution in [0, 0.1) is 6.92 Å². The smallest absolute Gasteiger partial charge is 0.414 e. The molecule has 4 nitrogen and oxygen atoms in total. The van der Waals surface area contributed by atoms with Gasteiger partial charge in [0, 0.05) is 16.4 Å². The molecule has 1 saturated heterocycles. The van der Waals surface area contributed by atoms with Crippen molar-refractivity contribution in [2.45, 2.75) is 12.1 Å². The van der Waals surface area contributed by atoms with E-state index >= 15 is 0 Å². The largest absolute Gasteiger partial charge is 0.444 e. The standard InChI is InChI=1S/C18H19BrN2O2Si/c1-13-2-8-16(9-3-13)21-12-18(24,23-17(21)22)11-20-10-14-4-6-15(19)7-5-14/h2-10H,11-12H2,1,24H3. The second kappa shape index (κ2) is 6.90. The van der Waals surface area contributed by atoms with E-state index in [9.17, 15) is 4.79 Å². The van der Waals surface area contributed by atoms with E-state index in [0.717, 1.165) is 26.0 Å². The number of aliphatic imine (C=N–C) groups is 1. The Kier molecular flexibility index (Phi) is 4.87. The molecule has 1 aliphatic rings. The quantitative estimate of drug-likeness (QED) is 0.582. The van der Waals surface area contributed by atoms with Crippen LogP contribution >= 0.6 is 15.9 Å². The van der Waals surface area contributed by atoms with Crippen LogP contribution in [0.5, 0.6) is 0 Å². The highest BCUT2D eigenvalue weighted by Gasteiger charge is 2.41. The Morgan fingerprint density at radius 1 is 1.25 bits per heavy atom. The van der Waals surface area contributed by atoms with Crippen molar-refractivity contribution in [2.24, 2.45) is 4.99 Å².